The second kappa shape index (κ2) is 38.0. The summed E-state index contributed by atoms with van der Waals surface area (Å²) in [5, 5.41) is 0. The van der Waals surface area contributed by atoms with Crippen molar-refractivity contribution >= 4 is 0 Å². The highest BCUT2D eigenvalue weighted by Crippen LogP contribution is 2.28. The fraction of sp³-hybridized carbons (Fsp3) is 0.938. The van der Waals surface area contributed by atoms with Gasteiger partial charge in [0.05, 0.1) is 12.0 Å². The number of hydrogen-bond donors (Lipinski definition) is 1. The Morgan fingerprint density at radius 3 is 0.940 bits per heavy atom. The summed E-state index contributed by atoms with van der Waals surface area (Å²) in [5.41, 5.74) is 0. The molecule has 1 rings (SSSR count). The number of aromatic nitrogens is 2. The van der Waals surface area contributed by atoms with E-state index >= 15 is 0 Å². The average molecular weight is 700 g/mol. The quantitative estimate of drug-likeness (QED) is 0.0518. The highest BCUT2D eigenvalue weighted by molar-refractivity contribution is 4.90. The van der Waals surface area contributed by atoms with Gasteiger partial charge < -0.3 is 0 Å². The lowest BCUT2D eigenvalue weighted by atomic mass is 9.92. The summed E-state index contributed by atoms with van der Waals surface area (Å²) >= 11 is 0. The van der Waals surface area contributed by atoms with Crippen LogP contribution >= 0.6 is 0 Å². The molecule has 0 fully saturated rings. The minimum Gasteiger partial charge on any atom is -0.247 e. The van der Waals surface area contributed by atoms with Crippen LogP contribution in [0.3, 0.4) is 0 Å². The fourth-order valence-corrected chi connectivity index (χ4v) is 8.37. The number of unbranched alkanes of at least 4 members (excludes halogenated alkanes) is 33. The number of nitrogens with zero attached hydrogens (tertiary/aromatic N) is 1. The molecule has 296 valence electrons. The number of rotatable bonds is 41. The van der Waals surface area contributed by atoms with Crippen LogP contribution in [0.5, 0.6) is 0 Å². The molecule has 50 heavy (non-hydrogen) atoms. The first-order valence-corrected chi connectivity index (χ1v) is 23.8. The first kappa shape index (κ1) is 47.2. The summed E-state index contributed by atoms with van der Waals surface area (Å²) in [6.45, 7) is 9.44. The third-order valence-electron chi connectivity index (χ3n) is 11.9. The highest BCUT2D eigenvalue weighted by atomic mass is 15.1. The predicted molar refractivity (Wildman–Crippen MR) is 226 cm³/mol. The van der Waals surface area contributed by atoms with Crippen LogP contribution in [0.25, 0.3) is 0 Å². The Hall–Kier alpha value is -0.790. The lowest BCUT2D eigenvalue weighted by Crippen LogP contribution is -2.41. The normalized spacial score (nSPS) is 13.0. The second-order valence-electron chi connectivity index (χ2n) is 16.8. The molecule has 0 saturated heterocycles. The van der Waals surface area contributed by atoms with Crippen LogP contribution in [0.4, 0.5) is 0 Å². The van der Waals surface area contributed by atoms with E-state index in [1.54, 1.807) is 5.82 Å². The standard InChI is InChI=1S/C48H94N2/c1-5-8-11-14-17-20-23-25-27-29-32-35-38-41-46(4)50-45-44-49-48(50)47(42-39-36-33-30-22-19-16-13-10-7-3)43-40-37-34-31-28-26-24-21-18-15-12-9-6-2/h44-47H,5-43H2,1-4H3/p+1. The third-order valence-corrected chi connectivity index (χ3v) is 11.9. The molecule has 0 aliphatic carbocycles. The van der Waals surface area contributed by atoms with Crippen LogP contribution in [0.15, 0.2) is 12.4 Å². The molecule has 1 aromatic rings. The molecule has 1 heterocycles. The van der Waals surface area contributed by atoms with Gasteiger partial charge in [-0.3, -0.25) is 0 Å². The molecule has 2 heteroatoms. The van der Waals surface area contributed by atoms with E-state index in [0.29, 0.717) is 12.0 Å². The van der Waals surface area contributed by atoms with Crippen LogP contribution in [-0.4, -0.2) is 4.98 Å². The summed E-state index contributed by atoms with van der Waals surface area (Å²) in [6.07, 6.45) is 60.6. The van der Waals surface area contributed by atoms with Gasteiger partial charge in [0.15, 0.2) is 0 Å². The Morgan fingerprint density at radius 1 is 0.380 bits per heavy atom. The molecule has 0 bridgehead atoms. The number of nitrogens with one attached hydrogen (secondary N) is 1. The largest absolute Gasteiger partial charge is 0.257 e. The molecule has 0 radical (unpaired) electrons. The van der Waals surface area contributed by atoms with Gasteiger partial charge in [-0.15, -0.1) is 0 Å². The van der Waals surface area contributed by atoms with Gasteiger partial charge in [0.2, 0.25) is 0 Å². The van der Waals surface area contributed by atoms with E-state index in [4.69, 9.17) is 0 Å². The van der Waals surface area contributed by atoms with Gasteiger partial charge in [-0.1, -0.05) is 245 Å². The van der Waals surface area contributed by atoms with E-state index in [-0.39, 0.29) is 0 Å². The van der Waals surface area contributed by atoms with Crippen LogP contribution in [0.1, 0.15) is 296 Å². The Bertz CT molecular complexity index is 768. The summed E-state index contributed by atoms with van der Waals surface area (Å²) in [5.74, 6) is 2.25. The van der Waals surface area contributed by atoms with Crippen molar-refractivity contribution in [2.45, 2.75) is 290 Å². The lowest BCUT2D eigenvalue weighted by Gasteiger charge is -2.17. The van der Waals surface area contributed by atoms with Gasteiger partial charge in [0.1, 0.15) is 12.4 Å². The molecule has 0 saturated carbocycles. The Kier molecular flexibility index (Phi) is 35.8. The molecule has 2 unspecified atom stereocenters. The molecule has 0 aliphatic rings. The molecule has 0 spiro atoms. The van der Waals surface area contributed by atoms with E-state index in [0.717, 1.165) is 0 Å². The Labute approximate surface area is 316 Å². The smallest absolute Gasteiger partial charge is 0.247 e. The third kappa shape index (κ3) is 28.8. The van der Waals surface area contributed by atoms with E-state index in [1.165, 1.54) is 250 Å². The zero-order valence-electron chi connectivity index (χ0n) is 35.3. The van der Waals surface area contributed by atoms with Gasteiger partial charge >= 0.3 is 0 Å². The van der Waals surface area contributed by atoms with Crippen LogP contribution in [0, 0.1) is 0 Å². The Balaban J connectivity index is 2.37. The van der Waals surface area contributed by atoms with Crippen LogP contribution in [0.2, 0.25) is 0 Å². The van der Waals surface area contributed by atoms with Gasteiger partial charge in [-0.2, -0.15) is 0 Å². The van der Waals surface area contributed by atoms with Crippen molar-refractivity contribution in [2.75, 3.05) is 0 Å². The van der Waals surface area contributed by atoms with Crippen molar-refractivity contribution in [3.63, 3.8) is 0 Å². The maximum Gasteiger partial charge on any atom is 0.257 e. The molecule has 1 N–H and O–H groups in total. The predicted octanol–water partition coefficient (Wildman–Crippen LogP) is 17.2. The van der Waals surface area contributed by atoms with Crippen molar-refractivity contribution in [3.05, 3.63) is 18.2 Å². The second-order valence-corrected chi connectivity index (χ2v) is 16.8. The minimum absolute atomic E-state index is 0.616. The topological polar surface area (TPSA) is 19.7 Å². The number of H-pyrrole nitrogens is 1. The average Bonchev–Trinajstić information content (AvgIpc) is 3.62. The van der Waals surface area contributed by atoms with E-state index in [1.807, 2.05) is 0 Å². The van der Waals surface area contributed by atoms with Crippen molar-refractivity contribution in [2.24, 2.45) is 0 Å². The van der Waals surface area contributed by atoms with Gasteiger partial charge in [-0.05, 0) is 32.6 Å². The monoisotopic (exact) mass is 700 g/mol. The van der Waals surface area contributed by atoms with E-state index in [9.17, 15) is 0 Å². The molecule has 0 aliphatic heterocycles. The fourth-order valence-electron chi connectivity index (χ4n) is 8.37. The van der Waals surface area contributed by atoms with Crippen molar-refractivity contribution in [3.8, 4) is 0 Å². The molecule has 1 aromatic heterocycles. The SMILES string of the molecule is CCCCCCCCCCCCCCCC(CCCCCCCCCCCC)c1[nH]cc[n+]1C(C)CCCCCCCCCCCCCCC. The lowest BCUT2D eigenvalue weighted by molar-refractivity contribution is -0.727. The Morgan fingerprint density at radius 2 is 0.640 bits per heavy atom. The molecule has 2 atom stereocenters. The zero-order chi connectivity index (χ0) is 36.0. The maximum atomic E-state index is 3.78. The summed E-state index contributed by atoms with van der Waals surface area (Å²) in [6, 6.07) is 0.616. The summed E-state index contributed by atoms with van der Waals surface area (Å²) in [4.78, 5) is 3.78. The summed E-state index contributed by atoms with van der Waals surface area (Å²) in [7, 11) is 0. The highest BCUT2D eigenvalue weighted by Gasteiger charge is 2.25. The minimum atomic E-state index is 0.616. The van der Waals surface area contributed by atoms with Gasteiger partial charge in [-0.25, -0.2) is 9.55 Å². The molecule has 2 nitrogen and oxygen atoms in total. The van der Waals surface area contributed by atoms with Gasteiger partial charge in [0, 0.05) is 0 Å². The molecular formula is C48H95N2+. The first-order valence-electron chi connectivity index (χ1n) is 23.8. The maximum absolute atomic E-state index is 3.78. The van der Waals surface area contributed by atoms with Crippen LogP contribution < -0.4 is 4.57 Å². The molecule has 0 aromatic carbocycles. The van der Waals surface area contributed by atoms with Crippen molar-refractivity contribution < 1.29 is 4.57 Å². The number of imidazole rings is 1. The number of aromatic amines is 1. The summed E-state index contributed by atoms with van der Waals surface area (Å²) < 4.78 is 2.66. The van der Waals surface area contributed by atoms with Crippen LogP contribution in [-0.2, 0) is 0 Å². The molecule has 0 amide bonds. The molecular weight excluding hydrogens is 605 g/mol. The first-order chi connectivity index (χ1) is 24.7. The van der Waals surface area contributed by atoms with Crippen molar-refractivity contribution in [1.29, 1.82) is 0 Å². The van der Waals surface area contributed by atoms with E-state index in [2.05, 4.69) is 49.6 Å². The van der Waals surface area contributed by atoms with E-state index < -0.39 is 0 Å². The zero-order valence-corrected chi connectivity index (χ0v) is 35.3. The van der Waals surface area contributed by atoms with Gasteiger partial charge in [0.25, 0.3) is 5.82 Å². The number of hydrogen-bond acceptors (Lipinski definition) is 0. The van der Waals surface area contributed by atoms with Crippen molar-refractivity contribution in [1.82, 2.24) is 4.98 Å².